The van der Waals surface area contributed by atoms with E-state index in [1.165, 1.54) is 0 Å². The van der Waals surface area contributed by atoms with Gasteiger partial charge in [-0.2, -0.15) is 0 Å². The summed E-state index contributed by atoms with van der Waals surface area (Å²) in [6, 6.07) is 0. The van der Waals surface area contributed by atoms with Gasteiger partial charge in [-0.15, -0.1) is 0 Å². The predicted octanol–water partition coefficient (Wildman–Crippen LogP) is 2.42. The van der Waals surface area contributed by atoms with Gasteiger partial charge in [0.15, 0.2) is 0 Å². The number of ether oxygens (including phenoxy) is 1. The van der Waals surface area contributed by atoms with Gasteiger partial charge in [0.2, 0.25) is 0 Å². The van der Waals surface area contributed by atoms with Crippen molar-refractivity contribution in [1.82, 2.24) is 0 Å². The maximum Gasteiger partial charge on any atom is 0.497 e. The topological polar surface area (TPSA) is 36.9 Å². The summed E-state index contributed by atoms with van der Waals surface area (Å²) >= 11 is 0. The van der Waals surface area contributed by atoms with Crippen LogP contribution < -0.4 is 0 Å². The Morgan fingerprint density at radius 3 is 1.57 bits per heavy atom. The Morgan fingerprint density at radius 1 is 0.857 bits per heavy atom. The summed E-state index contributed by atoms with van der Waals surface area (Å²) in [4.78, 5) is 0. The van der Waals surface area contributed by atoms with Gasteiger partial charge in [-0.3, -0.25) is 0 Å². The highest BCUT2D eigenvalue weighted by atomic mass is 28.4. The quantitative estimate of drug-likeness (QED) is 0.517. The molecule has 14 heavy (non-hydrogen) atoms. The standard InChI is InChI=1S/C6H16O4Si.3CH4/c1-7-5-6-10-11(4,8-2)9-3;;;/h5-6H2,1-4H3;3*1H4. The van der Waals surface area contributed by atoms with Gasteiger partial charge >= 0.3 is 8.80 Å². The molecule has 0 aromatic heterocycles. The molecule has 0 amide bonds. The molecule has 0 aromatic rings. The molecule has 0 saturated carbocycles. The summed E-state index contributed by atoms with van der Waals surface area (Å²) in [6.45, 7) is 2.92. The second-order valence-electron chi connectivity index (χ2n) is 2.11. The van der Waals surface area contributed by atoms with Crippen LogP contribution in [0.1, 0.15) is 22.3 Å². The third kappa shape index (κ3) is 10.1. The molecule has 0 aliphatic heterocycles. The van der Waals surface area contributed by atoms with E-state index in [0.717, 1.165) is 0 Å². The zero-order chi connectivity index (χ0) is 8.74. The van der Waals surface area contributed by atoms with Crippen LogP contribution in [0.3, 0.4) is 0 Å². The van der Waals surface area contributed by atoms with E-state index in [-0.39, 0.29) is 22.3 Å². The zero-order valence-corrected chi connectivity index (χ0v) is 8.55. The second kappa shape index (κ2) is 13.1. The molecule has 92 valence electrons. The van der Waals surface area contributed by atoms with Crippen molar-refractivity contribution in [2.45, 2.75) is 28.8 Å². The summed E-state index contributed by atoms with van der Waals surface area (Å²) in [7, 11) is 2.48. The molecule has 0 heterocycles. The van der Waals surface area contributed by atoms with E-state index < -0.39 is 8.80 Å². The smallest absolute Gasteiger partial charge is 0.382 e. The van der Waals surface area contributed by atoms with Crippen molar-refractivity contribution < 1.29 is 18.0 Å². The fraction of sp³-hybridized carbons (Fsp3) is 1.00. The lowest BCUT2D eigenvalue weighted by molar-refractivity contribution is 0.0712. The molecule has 0 radical (unpaired) electrons. The van der Waals surface area contributed by atoms with E-state index in [4.69, 9.17) is 18.0 Å². The molecule has 0 bridgehead atoms. The minimum absolute atomic E-state index is 0. The molecule has 0 fully saturated rings. The molecule has 0 saturated heterocycles. The first kappa shape index (κ1) is 23.7. The first-order chi connectivity index (χ1) is 5.18. The van der Waals surface area contributed by atoms with Crippen molar-refractivity contribution in [3.8, 4) is 0 Å². The Bertz CT molecular complexity index is 96.8. The van der Waals surface area contributed by atoms with Gasteiger partial charge in [0.25, 0.3) is 0 Å². The SMILES string of the molecule is C.C.C.COCCO[Si](C)(OC)OC. The second-order valence-corrected chi connectivity index (χ2v) is 4.94. The largest absolute Gasteiger partial charge is 0.497 e. The Labute approximate surface area is 90.9 Å². The van der Waals surface area contributed by atoms with Gasteiger partial charge < -0.3 is 18.0 Å². The Hall–Kier alpha value is 0.0569. The van der Waals surface area contributed by atoms with Crippen LogP contribution in [0.2, 0.25) is 6.55 Å². The average Bonchev–Trinajstić information content (AvgIpc) is 2.05. The van der Waals surface area contributed by atoms with Gasteiger partial charge in [0, 0.05) is 27.9 Å². The maximum absolute atomic E-state index is 5.34. The summed E-state index contributed by atoms with van der Waals surface area (Å²) in [5, 5.41) is 0. The summed E-state index contributed by atoms with van der Waals surface area (Å²) < 4.78 is 20.3. The predicted molar refractivity (Wildman–Crippen MR) is 63.7 cm³/mol. The molecule has 0 unspecified atom stereocenters. The van der Waals surface area contributed by atoms with E-state index in [1.54, 1.807) is 21.3 Å². The van der Waals surface area contributed by atoms with Crippen LogP contribution in [0.15, 0.2) is 0 Å². The van der Waals surface area contributed by atoms with Crippen LogP contribution in [0.4, 0.5) is 0 Å². The first-order valence-electron chi connectivity index (χ1n) is 3.41. The van der Waals surface area contributed by atoms with Gasteiger partial charge in [-0.05, 0) is 0 Å². The van der Waals surface area contributed by atoms with Crippen LogP contribution in [0, 0.1) is 0 Å². The number of rotatable bonds is 6. The summed E-state index contributed by atoms with van der Waals surface area (Å²) in [5.74, 6) is 0. The third-order valence-electron chi connectivity index (χ3n) is 1.39. The number of hydrogen-bond acceptors (Lipinski definition) is 4. The number of hydrogen-bond donors (Lipinski definition) is 0. The van der Waals surface area contributed by atoms with Crippen molar-refractivity contribution in [2.75, 3.05) is 34.5 Å². The minimum atomic E-state index is -2.31. The van der Waals surface area contributed by atoms with Crippen molar-refractivity contribution in [1.29, 1.82) is 0 Å². The zero-order valence-electron chi connectivity index (χ0n) is 7.55. The van der Waals surface area contributed by atoms with Crippen LogP contribution in [-0.2, 0) is 18.0 Å². The third-order valence-corrected chi connectivity index (χ3v) is 3.60. The molecular formula is C9H28O4Si. The van der Waals surface area contributed by atoms with Crippen molar-refractivity contribution in [2.24, 2.45) is 0 Å². The highest BCUT2D eigenvalue weighted by molar-refractivity contribution is 6.59. The fourth-order valence-corrected chi connectivity index (χ4v) is 1.37. The molecule has 0 rings (SSSR count). The van der Waals surface area contributed by atoms with Crippen molar-refractivity contribution in [3.05, 3.63) is 0 Å². The van der Waals surface area contributed by atoms with Gasteiger partial charge in [0.1, 0.15) is 0 Å². The molecule has 5 heteroatoms. The van der Waals surface area contributed by atoms with E-state index >= 15 is 0 Å². The van der Waals surface area contributed by atoms with E-state index in [1.807, 2.05) is 6.55 Å². The van der Waals surface area contributed by atoms with Crippen LogP contribution in [0.5, 0.6) is 0 Å². The van der Waals surface area contributed by atoms with E-state index in [2.05, 4.69) is 0 Å². The normalized spacial score (nSPS) is 9.43. The van der Waals surface area contributed by atoms with Crippen molar-refractivity contribution >= 4 is 8.80 Å². The Kier molecular flexibility index (Phi) is 22.1. The van der Waals surface area contributed by atoms with Crippen LogP contribution in [-0.4, -0.2) is 43.3 Å². The lowest BCUT2D eigenvalue weighted by atomic mass is 10.8. The highest BCUT2D eigenvalue weighted by Crippen LogP contribution is 2.04. The molecule has 0 atom stereocenters. The van der Waals surface area contributed by atoms with Gasteiger partial charge in [-0.25, -0.2) is 0 Å². The van der Waals surface area contributed by atoms with Gasteiger partial charge in [-0.1, -0.05) is 22.3 Å². The molecule has 0 N–H and O–H groups in total. The lowest BCUT2D eigenvalue weighted by Crippen LogP contribution is -2.41. The average molecular weight is 228 g/mol. The van der Waals surface area contributed by atoms with Gasteiger partial charge in [0.05, 0.1) is 13.2 Å². The molecule has 0 aromatic carbocycles. The maximum atomic E-state index is 5.34. The fourth-order valence-electron chi connectivity index (χ4n) is 0.512. The van der Waals surface area contributed by atoms with Crippen LogP contribution >= 0.6 is 0 Å². The number of methoxy groups -OCH3 is 1. The Balaban J connectivity index is -0.000000167. The van der Waals surface area contributed by atoms with E-state index in [9.17, 15) is 0 Å². The minimum Gasteiger partial charge on any atom is -0.382 e. The first-order valence-corrected chi connectivity index (χ1v) is 5.64. The van der Waals surface area contributed by atoms with E-state index in [0.29, 0.717) is 13.2 Å². The Morgan fingerprint density at radius 2 is 1.29 bits per heavy atom. The lowest BCUT2D eigenvalue weighted by Gasteiger charge is -2.21. The molecule has 0 aliphatic carbocycles. The summed E-state index contributed by atoms with van der Waals surface area (Å²) in [6.07, 6.45) is 0. The molecule has 4 nitrogen and oxygen atoms in total. The van der Waals surface area contributed by atoms with Crippen molar-refractivity contribution in [3.63, 3.8) is 0 Å². The molecule has 0 spiro atoms. The van der Waals surface area contributed by atoms with Crippen LogP contribution in [0.25, 0.3) is 0 Å². The highest BCUT2D eigenvalue weighted by Gasteiger charge is 2.31. The monoisotopic (exact) mass is 228 g/mol. The summed E-state index contributed by atoms with van der Waals surface area (Å²) in [5.41, 5.74) is 0. The molecular weight excluding hydrogens is 200 g/mol. The molecule has 0 aliphatic rings.